The van der Waals surface area contributed by atoms with Crippen molar-refractivity contribution in [3.63, 3.8) is 0 Å². The lowest BCUT2D eigenvalue weighted by atomic mass is 9.97. The van der Waals surface area contributed by atoms with Gasteiger partial charge in [0.1, 0.15) is 17.1 Å². The first-order valence-corrected chi connectivity index (χ1v) is 7.16. The predicted octanol–water partition coefficient (Wildman–Crippen LogP) is 2.21. The second-order valence-electron chi connectivity index (χ2n) is 5.25. The van der Waals surface area contributed by atoms with Crippen molar-refractivity contribution in [1.82, 2.24) is 15.0 Å². The topological polar surface area (TPSA) is 111 Å². The van der Waals surface area contributed by atoms with Crippen molar-refractivity contribution in [3.8, 4) is 5.75 Å². The quantitative estimate of drug-likeness (QED) is 0.637. The molecule has 5 N–H and O–H groups in total. The van der Waals surface area contributed by atoms with Crippen molar-refractivity contribution in [3.05, 3.63) is 59.9 Å². The number of allylic oxidation sites excluding steroid dienone is 1. The second kappa shape index (κ2) is 5.92. The number of nitrogens with zero attached hydrogens (tertiary/aromatic N) is 3. The molecule has 0 atom stereocenters. The van der Waals surface area contributed by atoms with E-state index in [9.17, 15) is 5.11 Å². The fourth-order valence-corrected chi connectivity index (χ4v) is 2.59. The molecule has 0 radical (unpaired) electrons. The van der Waals surface area contributed by atoms with Crippen molar-refractivity contribution in [1.29, 1.82) is 0 Å². The molecule has 116 valence electrons. The van der Waals surface area contributed by atoms with E-state index >= 15 is 0 Å². The number of phenolic OH excluding ortho intramolecular Hbond substituents is 1. The minimum absolute atomic E-state index is 0.149. The number of benzene rings is 1. The lowest BCUT2D eigenvalue weighted by molar-refractivity contribution is 0.474. The molecule has 1 aromatic carbocycles. The molecule has 6 nitrogen and oxygen atoms in total. The Morgan fingerprint density at radius 3 is 2.74 bits per heavy atom. The summed E-state index contributed by atoms with van der Waals surface area (Å²) in [4.78, 5) is 12.3. The summed E-state index contributed by atoms with van der Waals surface area (Å²) in [5.74, 6) is 0.689. The van der Waals surface area contributed by atoms with Gasteiger partial charge >= 0.3 is 0 Å². The highest BCUT2D eigenvalue weighted by Gasteiger charge is 2.13. The Hall–Kier alpha value is -3.15. The van der Waals surface area contributed by atoms with Crippen LogP contribution in [0.5, 0.6) is 5.75 Å². The zero-order valence-corrected chi connectivity index (χ0v) is 12.5. The molecule has 0 aliphatic carbocycles. The number of rotatable bonds is 4. The van der Waals surface area contributed by atoms with Gasteiger partial charge in [0.05, 0.1) is 0 Å². The molecule has 23 heavy (non-hydrogen) atoms. The largest absolute Gasteiger partial charge is 0.505 e. The highest BCUT2D eigenvalue weighted by Crippen LogP contribution is 2.32. The summed E-state index contributed by atoms with van der Waals surface area (Å²) in [5.41, 5.74) is 14.6. The number of nitrogens with two attached hydrogens (primary N) is 2. The lowest BCUT2D eigenvalue weighted by Crippen LogP contribution is -2.04. The fraction of sp³-hybridized carbons (Fsp3) is 0.118. The van der Waals surface area contributed by atoms with Gasteiger partial charge in [-0.1, -0.05) is 18.2 Å². The van der Waals surface area contributed by atoms with Crippen LogP contribution < -0.4 is 11.5 Å². The molecule has 0 spiro atoms. The smallest absolute Gasteiger partial charge is 0.221 e. The minimum Gasteiger partial charge on any atom is -0.505 e. The molecule has 3 rings (SSSR count). The summed E-state index contributed by atoms with van der Waals surface area (Å²) in [6.45, 7) is 3.73. The Balaban J connectivity index is 2.15. The van der Waals surface area contributed by atoms with Crippen LogP contribution in [0.15, 0.2) is 43.2 Å². The van der Waals surface area contributed by atoms with Crippen LogP contribution in [0.3, 0.4) is 0 Å². The van der Waals surface area contributed by atoms with Gasteiger partial charge in [0.2, 0.25) is 5.95 Å². The average Bonchev–Trinajstić information content (AvgIpc) is 2.54. The van der Waals surface area contributed by atoms with Gasteiger partial charge in [-0.25, -0.2) is 4.98 Å². The van der Waals surface area contributed by atoms with Gasteiger partial charge in [-0.15, -0.1) is 6.58 Å². The van der Waals surface area contributed by atoms with Crippen LogP contribution in [0, 0.1) is 0 Å². The van der Waals surface area contributed by atoms with Crippen LogP contribution in [-0.2, 0) is 12.8 Å². The molecule has 0 fully saturated rings. The fourth-order valence-electron chi connectivity index (χ4n) is 2.59. The summed E-state index contributed by atoms with van der Waals surface area (Å²) in [6.07, 6.45) is 6.11. The normalized spacial score (nSPS) is 10.8. The summed E-state index contributed by atoms with van der Waals surface area (Å²) < 4.78 is 0. The van der Waals surface area contributed by atoms with Gasteiger partial charge < -0.3 is 16.6 Å². The lowest BCUT2D eigenvalue weighted by Gasteiger charge is -2.12. The number of pyridine rings is 1. The molecular formula is C17H17N5O. The standard InChI is InChI=1S/C17H17N5O/c1-2-4-10-7-11(8-12-9-21-17(19)22-16(12)18)13-5-3-6-20-14(13)15(10)23/h2-3,5-7,9,23H,1,4,8H2,(H4,18,19,21,22). The van der Waals surface area contributed by atoms with Gasteiger partial charge in [0.15, 0.2) is 0 Å². The molecule has 0 amide bonds. The van der Waals surface area contributed by atoms with Gasteiger partial charge in [-0.3, -0.25) is 4.98 Å². The van der Waals surface area contributed by atoms with Crippen molar-refractivity contribution in [2.45, 2.75) is 12.8 Å². The number of nitrogen functional groups attached to an aromatic ring is 2. The number of fused-ring (bicyclic) bond motifs is 1. The SMILES string of the molecule is C=CCc1cc(Cc2cnc(N)nc2N)c2cccnc2c1O. The summed E-state index contributed by atoms with van der Waals surface area (Å²) in [5, 5.41) is 11.3. The first-order chi connectivity index (χ1) is 11.1. The van der Waals surface area contributed by atoms with Crippen molar-refractivity contribution in [2.24, 2.45) is 0 Å². The van der Waals surface area contributed by atoms with Crippen molar-refractivity contribution in [2.75, 3.05) is 11.5 Å². The summed E-state index contributed by atoms with van der Waals surface area (Å²) in [7, 11) is 0. The van der Waals surface area contributed by atoms with Crippen LogP contribution in [0.4, 0.5) is 11.8 Å². The Morgan fingerprint density at radius 1 is 1.17 bits per heavy atom. The van der Waals surface area contributed by atoms with Gasteiger partial charge in [-0.2, -0.15) is 4.98 Å². The van der Waals surface area contributed by atoms with E-state index in [0.29, 0.717) is 24.2 Å². The van der Waals surface area contributed by atoms with E-state index in [2.05, 4.69) is 21.5 Å². The molecule has 6 heteroatoms. The zero-order chi connectivity index (χ0) is 16.4. The van der Waals surface area contributed by atoms with Crippen LogP contribution in [0.25, 0.3) is 10.9 Å². The van der Waals surface area contributed by atoms with E-state index in [1.165, 1.54) is 0 Å². The third-order valence-electron chi connectivity index (χ3n) is 3.69. The molecule has 0 unspecified atom stereocenters. The number of aromatic hydroxyl groups is 1. The molecule has 0 saturated carbocycles. The predicted molar refractivity (Wildman–Crippen MR) is 91.0 cm³/mol. The molecule has 2 heterocycles. The number of phenols is 1. The number of hydrogen-bond donors (Lipinski definition) is 3. The third-order valence-corrected chi connectivity index (χ3v) is 3.69. The second-order valence-corrected chi connectivity index (χ2v) is 5.25. The maximum Gasteiger partial charge on any atom is 0.221 e. The third kappa shape index (κ3) is 2.78. The van der Waals surface area contributed by atoms with Crippen molar-refractivity contribution >= 4 is 22.7 Å². The van der Waals surface area contributed by atoms with Gasteiger partial charge in [0, 0.05) is 35.3 Å². The average molecular weight is 307 g/mol. The first-order valence-electron chi connectivity index (χ1n) is 7.16. The molecule has 2 aromatic heterocycles. The van der Waals surface area contributed by atoms with E-state index in [-0.39, 0.29) is 11.7 Å². The van der Waals surface area contributed by atoms with Crippen LogP contribution in [-0.4, -0.2) is 20.1 Å². The number of anilines is 2. The highest BCUT2D eigenvalue weighted by atomic mass is 16.3. The van der Waals surface area contributed by atoms with E-state index in [1.54, 1.807) is 18.5 Å². The molecule has 0 bridgehead atoms. The summed E-state index contributed by atoms with van der Waals surface area (Å²) >= 11 is 0. The van der Waals surface area contributed by atoms with E-state index in [4.69, 9.17) is 11.5 Å². The van der Waals surface area contributed by atoms with Gasteiger partial charge in [-0.05, 0) is 18.1 Å². The molecule has 3 aromatic rings. The minimum atomic E-state index is 0.149. The maximum absolute atomic E-state index is 10.4. The Bertz CT molecular complexity index is 892. The van der Waals surface area contributed by atoms with Crippen LogP contribution in [0.1, 0.15) is 16.7 Å². The number of aromatic nitrogens is 3. The maximum atomic E-state index is 10.4. The van der Waals surface area contributed by atoms with Crippen LogP contribution in [0.2, 0.25) is 0 Å². The summed E-state index contributed by atoms with van der Waals surface area (Å²) in [6, 6.07) is 5.70. The first kappa shape index (κ1) is 14.8. The molecule has 0 aliphatic heterocycles. The van der Waals surface area contributed by atoms with Crippen molar-refractivity contribution < 1.29 is 5.11 Å². The van der Waals surface area contributed by atoms with E-state index in [1.807, 2.05) is 18.2 Å². The Morgan fingerprint density at radius 2 is 2.00 bits per heavy atom. The molecule has 0 aliphatic rings. The Labute approximate surface area is 133 Å². The van der Waals surface area contributed by atoms with Crippen LogP contribution >= 0.6 is 0 Å². The number of hydrogen-bond acceptors (Lipinski definition) is 6. The zero-order valence-electron chi connectivity index (χ0n) is 12.5. The Kier molecular flexibility index (Phi) is 3.80. The van der Waals surface area contributed by atoms with E-state index in [0.717, 1.165) is 22.1 Å². The van der Waals surface area contributed by atoms with Gasteiger partial charge in [0.25, 0.3) is 0 Å². The van der Waals surface area contributed by atoms with E-state index < -0.39 is 0 Å². The molecule has 0 saturated heterocycles. The molecular weight excluding hydrogens is 290 g/mol. The highest BCUT2D eigenvalue weighted by molar-refractivity contribution is 5.89. The monoisotopic (exact) mass is 307 g/mol.